The first-order valence-electron chi connectivity index (χ1n) is 6.08. The van der Waals surface area contributed by atoms with Crippen LogP contribution in [-0.4, -0.2) is 11.1 Å². The van der Waals surface area contributed by atoms with Crippen molar-refractivity contribution in [2.45, 2.75) is 45.4 Å². The number of carbonyl (C=O) groups is 1. The molecule has 5 heteroatoms. The quantitative estimate of drug-likeness (QED) is 0.464. The van der Waals surface area contributed by atoms with Gasteiger partial charge in [0.1, 0.15) is 5.76 Å². The van der Waals surface area contributed by atoms with E-state index in [9.17, 15) is 4.79 Å². The van der Waals surface area contributed by atoms with E-state index in [4.69, 9.17) is 10.4 Å². The number of amides is 1. The lowest BCUT2D eigenvalue weighted by Gasteiger charge is -2.28. The van der Waals surface area contributed by atoms with Crippen molar-refractivity contribution in [1.29, 1.82) is 0 Å². The molecule has 2 rings (SSSR count). The Balaban J connectivity index is 2.27. The van der Waals surface area contributed by atoms with Crippen LogP contribution < -0.4 is 11.3 Å². The highest BCUT2D eigenvalue weighted by molar-refractivity contribution is 5.79. The van der Waals surface area contributed by atoms with Gasteiger partial charge in [-0.25, -0.2) is 5.84 Å². The van der Waals surface area contributed by atoms with E-state index in [2.05, 4.69) is 10.6 Å². The summed E-state index contributed by atoms with van der Waals surface area (Å²) in [4.78, 5) is 11.8. The van der Waals surface area contributed by atoms with Gasteiger partial charge in [-0.1, -0.05) is 18.0 Å². The molecule has 17 heavy (non-hydrogen) atoms. The number of nitrogens with one attached hydrogen (secondary N) is 1. The number of carbonyl (C=O) groups excluding carboxylic acids is 1. The van der Waals surface area contributed by atoms with Crippen LogP contribution >= 0.6 is 0 Å². The number of nitrogens with two attached hydrogens (primary N) is 1. The molecule has 94 valence electrons. The number of hydrogen-bond donors (Lipinski definition) is 2. The standard InChI is InChI=1S/C12H19N3O2/c1-7-8(2)17-15-11(7)9-5-3-4-6-10(9)12(16)14-13/h9-10H,3-6,13H2,1-2H3,(H,14,16). The van der Waals surface area contributed by atoms with Crippen molar-refractivity contribution in [3.05, 3.63) is 17.0 Å². The summed E-state index contributed by atoms with van der Waals surface area (Å²) in [6.45, 7) is 3.89. The summed E-state index contributed by atoms with van der Waals surface area (Å²) in [5, 5.41) is 4.11. The SMILES string of the molecule is Cc1onc(C2CCCCC2C(=O)NN)c1C. The summed E-state index contributed by atoms with van der Waals surface area (Å²) >= 11 is 0. The minimum atomic E-state index is -0.0882. The monoisotopic (exact) mass is 237 g/mol. The first kappa shape index (κ1) is 12.1. The summed E-state index contributed by atoms with van der Waals surface area (Å²) in [6, 6.07) is 0. The van der Waals surface area contributed by atoms with Crippen molar-refractivity contribution in [2.24, 2.45) is 11.8 Å². The van der Waals surface area contributed by atoms with Gasteiger partial charge in [0.15, 0.2) is 0 Å². The maximum atomic E-state index is 11.8. The van der Waals surface area contributed by atoms with E-state index in [1.807, 2.05) is 13.8 Å². The number of aryl methyl sites for hydroxylation is 1. The van der Waals surface area contributed by atoms with Crippen LogP contribution in [0.25, 0.3) is 0 Å². The Morgan fingerprint density at radius 3 is 2.71 bits per heavy atom. The van der Waals surface area contributed by atoms with Gasteiger partial charge in [-0.15, -0.1) is 0 Å². The minimum absolute atomic E-state index is 0.0723. The third-order valence-electron chi connectivity index (χ3n) is 3.79. The van der Waals surface area contributed by atoms with Gasteiger partial charge in [-0.2, -0.15) is 0 Å². The topological polar surface area (TPSA) is 81.2 Å². The van der Waals surface area contributed by atoms with Crippen LogP contribution in [0.2, 0.25) is 0 Å². The summed E-state index contributed by atoms with van der Waals surface area (Å²) in [6.07, 6.45) is 4.05. The first-order valence-corrected chi connectivity index (χ1v) is 6.08. The molecule has 1 aromatic rings. The van der Waals surface area contributed by atoms with E-state index in [0.717, 1.165) is 42.7 Å². The fraction of sp³-hybridized carbons (Fsp3) is 0.667. The largest absolute Gasteiger partial charge is 0.361 e. The summed E-state index contributed by atoms with van der Waals surface area (Å²) < 4.78 is 5.20. The highest BCUT2D eigenvalue weighted by Gasteiger charge is 2.34. The molecule has 1 amide bonds. The number of rotatable bonds is 2. The lowest BCUT2D eigenvalue weighted by Crippen LogP contribution is -2.39. The average molecular weight is 237 g/mol. The molecular formula is C12H19N3O2. The van der Waals surface area contributed by atoms with Crippen LogP contribution in [0.5, 0.6) is 0 Å². The Kier molecular flexibility index (Phi) is 3.47. The Bertz CT molecular complexity index is 414. The van der Waals surface area contributed by atoms with E-state index < -0.39 is 0 Å². The van der Waals surface area contributed by atoms with Crippen molar-refractivity contribution >= 4 is 5.91 Å². The van der Waals surface area contributed by atoms with Crippen LogP contribution in [0.4, 0.5) is 0 Å². The second-order valence-corrected chi connectivity index (χ2v) is 4.76. The van der Waals surface area contributed by atoms with Crippen molar-refractivity contribution in [3.63, 3.8) is 0 Å². The van der Waals surface area contributed by atoms with E-state index in [0.29, 0.717) is 0 Å². The number of nitrogens with zero attached hydrogens (tertiary/aromatic N) is 1. The smallest absolute Gasteiger partial charge is 0.237 e. The second-order valence-electron chi connectivity index (χ2n) is 4.76. The molecule has 3 N–H and O–H groups in total. The second kappa shape index (κ2) is 4.87. The molecule has 1 aromatic heterocycles. The van der Waals surface area contributed by atoms with Crippen LogP contribution in [0.15, 0.2) is 4.52 Å². The summed E-state index contributed by atoms with van der Waals surface area (Å²) in [7, 11) is 0. The van der Waals surface area contributed by atoms with Gasteiger partial charge in [0, 0.05) is 17.4 Å². The van der Waals surface area contributed by atoms with E-state index >= 15 is 0 Å². The van der Waals surface area contributed by atoms with Crippen molar-refractivity contribution < 1.29 is 9.32 Å². The third-order valence-corrected chi connectivity index (χ3v) is 3.79. The van der Waals surface area contributed by atoms with Crippen LogP contribution in [0, 0.1) is 19.8 Å². The van der Waals surface area contributed by atoms with Gasteiger partial charge in [0.05, 0.1) is 5.69 Å². The summed E-state index contributed by atoms with van der Waals surface area (Å²) in [5.41, 5.74) is 4.25. The van der Waals surface area contributed by atoms with Crippen LogP contribution in [0.1, 0.15) is 48.6 Å². The molecule has 0 saturated heterocycles. The van der Waals surface area contributed by atoms with Gasteiger partial charge in [0.2, 0.25) is 5.91 Å². The molecule has 1 fully saturated rings. The zero-order valence-corrected chi connectivity index (χ0v) is 10.3. The zero-order valence-electron chi connectivity index (χ0n) is 10.3. The number of hydrogen-bond acceptors (Lipinski definition) is 4. The summed E-state index contributed by atoms with van der Waals surface area (Å²) in [5.74, 6) is 6.06. The van der Waals surface area contributed by atoms with Crippen LogP contribution in [-0.2, 0) is 4.79 Å². The van der Waals surface area contributed by atoms with Gasteiger partial charge in [-0.3, -0.25) is 10.2 Å². The van der Waals surface area contributed by atoms with Crippen molar-refractivity contribution in [1.82, 2.24) is 10.6 Å². The molecule has 1 aliphatic carbocycles. The average Bonchev–Trinajstić information content (AvgIpc) is 2.69. The molecule has 0 aliphatic heterocycles. The Morgan fingerprint density at radius 2 is 2.12 bits per heavy atom. The lowest BCUT2D eigenvalue weighted by atomic mass is 9.76. The highest BCUT2D eigenvalue weighted by atomic mass is 16.5. The molecule has 2 atom stereocenters. The zero-order chi connectivity index (χ0) is 12.4. The molecule has 0 spiro atoms. The maximum absolute atomic E-state index is 11.8. The van der Waals surface area contributed by atoms with E-state index in [1.165, 1.54) is 0 Å². The highest BCUT2D eigenvalue weighted by Crippen LogP contribution is 2.39. The molecular weight excluding hydrogens is 218 g/mol. The predicted molar refractivity (Wildman–Crippen MR) is 63.0 cm³/mol. The fourth-order valence-electron chi connectivity index (χ4n) is 2.66. The van der Waals surface area contributed by atoms with Gasteiger partial charge in [-0.05, 0) is 26.7 Å². The molecule has 0 aromatic carbocycles. The Morgan fingerprint density at radius 1 is 1.41 bits per heavy atom. The molecule has 2 unspecified atom stereocenters. The molecule has 1 heterocycles. The predicted octanol–water partition coefficient (Wildman–Crippen LogP) is 1.56. The van der Waals surface area contributed by atoms with Crippen molar-refractivity contribution in [2.75, 3.05) is 0 Å². The van der Waals surface area contributed by atoms with Crippen molar-refractivity contribution in [3.8, 4) is 0 Å². The van der Waals surface area contributed by atoms with Gasteiger partial charge in [0.25, 0.3) is 0 Å². The third kappa shape index (κ3) is 2.20. The molecule has 0 radical (unpaired) electrons. The maximum Gasteiger partial charge on any atom is 0.237 e. The lowest BCUT2D eigenvalue weighted by molar-refractivity contribution is -0.126. The molecule has 1 saturated carbocycles. The normalized spacial score (nSPS) is 24.6. The molecule has 5 nitrogen and oxygen atoms in total. The Hall–Kier alpha value is -1.36. The van der Waals surface area contributed by atoms with Crippen LogP contribution in [0.3, 0.4) is 0 Å². The molecule has 0 bridgehead atoms. The Labute approximate surface area is 101 Å². The number of aromatic nitrogens is 1. The van der Waals surface area contributed by atoms with Gasteiger partial charge >= 0.3 is 0 Å². The molecule has 1 aliphatic rings. The van der Waals surface area contributed by atoms with E-state index in [1.54, 1.807) is 0 Å². The van der Waals surface area contributed by atoms with Gasteiger partial charge < -0.3 is 4.52 Å². The number of hydrazine groups is 1. The minimum Gasteiger partial charge on any atom is -0.361 e. The first-order chi connectivity index (χ1) is 8.15. The fourth-order valence-corrected chi connectivity index (χ4v) is 2.66. The van der Waals surface area contributed by atoms with E-state index in [-0.39, 0.29) is 17.7 Å².